The first-order chi connectivity index (χ1) is 10.6. The van der Waals surface area contributed by atoms with Gasteiger partial charge in [-0.1, -0.05) is 48.0 Å². The van der Waals surface area contributed by atoms with Gasteiger partial charge in [0.1, 0.15) is 11.9 Å². The standard InChI is InChI=1S/C19H20O3/c1-14-4-6-16(7-5-14)8-13-19(22-15(2)20)17-9-11-18(21-3)12-10-17/h4-13,19H,1-3H3/b13-8+. The van der Waals surface area contributed by atoms with E-state index in [0.717, 1.165) is 16.9 Å². The van der Waals surface area contributed by atoms with Crippen LogP contribution in [0.3, 0.4) is 0 Å². The van der Waals surface area contributed by atoms with Crippen LogP contribution in [0.5, 0.6) is 5.75 Å². The van der Waals surface area contributed by atoms with E-state index in [-0.39, 0.29) is 5.97 Å². The van der Waals surface area contributed by atoms with E-state index in [2.05, 4.69) is 0 Å². The monoisotopic (exact) mass is 296 g/mol. The third-order valence-corrected chi connectivity index (χ3v) is 3.28. The van der Waals surface area contributed by atoms with Crippen LogP contribution in [0.2, 0.25) is 0 Å². The molecule has 0 saturated heterocycles. The van der Waals surface area contributed by atoms with Crippen LogP contribution in [0.4, 0.5) is 0 Å². The Balaban J connectivity index is 2.21. The molecule has 0 saturated carbocycles. The van der Waals surface area contributed by atoms with Crippen molar-refractivity contribution < 1.29 is 14.3 Å². The minimum atomic E-state index is -0.412. The summed E-state index contributed by atoms with van der Waals surface area (Å²) in [5.74, 6) is 0.460. The van der Waals surface area contributed by atoms with Crippen molar-refractivity contribution in [3.8, 4) is 5.75 Å². The van der Waals surface area contributed by atoms with Crippen LogP contribution >= 0.6 is 0 Å². The number of rotatable bonds is 5. The predicted octanol–water partition coefficient (Wildman–Crippen LogP) is 4.32. The highest BCUT2D eigenvalue weighted by Gasteiger charge is 2.11. The third-order valence-electron chi connectivity index (χ3n) is 3.28. The molecule has 0 aliphatic heterocycles. The Labute approximate surface area is 131 Å². The van der Waals surface area contributed by atoms with E-state index in [0.29, 0.717) is 0 Å². The molecule has 0 N–H and O–H groups in total. The fourth-order valence-electron chi connectivity index (χ4n) is 2.07. The molecule has 0 spiro atoms. The number of hydrogen-bond donors (Lipinski definition) is 0. The summed E-state index contributed by atoms with van der Waals surface area (Å²) in [6.07, 6.45) is 3.43. The summed E-state index contributed by atoms with van der Waals surface area (Å²) >= 11 is 0. The molecule has 0 aliphatic rings. The lowest BCUT2D eigenvalue weighted by Gasteiger charge is -2.14. The number of hydrogen-bond acceptors (Lipinski definition) is 3. The van der Waals surface area contributed by atoms with Crippen LogP contribution in [0.15, 0.2) is 54.6 Å². The Kier molecular flexibility index (Phi) is 5.37. The van der Waals surface area contributed by atoms with Crippen molar-refractivity contribution in [2.75, 3.05) is 7.11 Å². The largest absolute Gasteiger partial charge is 0.497 e. The van der Waals surface area contributed by atoms with Crippen LogP contribution in [-0.4, -0.2) is 13.1 Å². The first-order valence-corrected chi connectivity index (χ1v) is 7.14. The summed E-state index contributed by atoms with van der Waals surface area (Å²) < 4.78 is 10.5. The van der Waals surface area contributed by atoms with Gasteiger partial charge in [0.25, 0.3) is 0 Å². The maximum Gasteiger partial charge on any atom is 0.303 e. The van der Waals surface area contributed by atoms with E-state index >= 15 is 0 Å². The minimum absolute atomic E-state index is 0.311. The summed E-state index contributed by atoms with van der Waals surface area (Å²) in [6.45, 7) is 3.46. The van der Waals surface area contributed by atoms with Crippen LogP contribution in [0.25, 0.3) is 6.08 Å². The highest BCUT2D eigenvalue weighted by molar-refractivity contribution is 5.67. The first kappa shape index (κ1) is 15.8. The predicted molar refractivity (Wildman–Crippen MR) is 87.7 cm³/mol. The third kappa shape index (κ3) is 4.48. The molecule has 0 radical (unpaired) electrons. The van der Waals surface area contributed by atoms with Crippen LogP contribution in [0, 0.1) is 6.92 Å². The van der Waals surface area contributed by atoms with Gasteiger partial charge < -0.3 is 9.47 Å². The number of ether oxygens (including phenoxy) is 2. The summed E-state index contributed by atoms with van der Waals surface area (Å²) in [7, 11) is 1.62. The van der Waals surface area contributed by atoms with Gasteiger partial charge in [-0.2, -0.15) is 0 Å². The molecule has 22 heavy (non-hydrogen) atoms. The maximum atomic E-state index is 11.3. The molecule has 0 aliphatic carbocycles. The number of esters is 1. The molecular formula is C19H20O3. The van der Waals surface area contributed by atoms with Gasteiger partial charge in [-0.3, -0.25) is 4.79 Å². The van der Waals surface area contributed by atoms with Gasteiger partial charge in [0.15, 0.2) is 0 Å². The molecule has 2 aromatic carbocycles. The lowest BCUT2D eigenvalue weighted by Crippen LogP contribution is -2.06. The fraction of sp³-hybridized carbons (Fsp3) is 0.211. The van der Waals surface area contributed by atoms with E-state index in [1.54, 1.807) is 7.11 Å². The molecule has 0 amide bonds. The topological polar surface area (TPSA) is 35.5 Å². The molecule has 1 unspecified atom stereocenters. The highest BCUT2D eigenvalue weighted by Crippen LogP contribution is 2.23. The SMILES string of the molecule is COc1ccc(C(/C=C/c2ccc(C)cc2)OC(C)=O)cc1. The van der Waals surface area contributed by atoms with Crippen LogP contribution in [0.1, 0.15) is 29.7 Å². The average molecular weight is 296 g/mol. The van der Waals surface area contributed by atoms with Gasteiger partial charge in [-0.05, 0) is 36.3 Å². The summed E-state index contributed by atoms with van der Waals surface area (Å²) in [4.78, 5) is 11.3. The second kappa shape index (κ2) is 7.46. The van der Waals surface area contributed by atoms with Gasteiger partial charge in [0.05, 0.1) is 7.11 Å². The fourth-order valence-corrected chi connectivity index (χ4v) is 2.07. The van der Waals surface area contributed by atoms with Crippen LogP contribution < -0.4 is 4.74 Å². The molecule has 0 bridgehead atoms. The molecule has 2 rings (SSSR count). The quantitative estimate of drug-likeness (QED) is 0.771. The van der Waals surface area contributed by atoms with Crippen molar-refractivity contribution in [1.82, 2.24) is 0 Å². The molecule has 3 heteroatoms. The van der Waals surface area contributed by atoms with Crippen molar-refractivity contribution in [3.05, 3.63) is 71.3 Å². The minimum Gasteiger partial charge on any atom is -0.497 e. The Morgan fingerprint density at radius 2 is 1.68 bits per heavy atom. The van der Waals surface area contributed by atoms with E-state index in [9.17, 15) is 4.79 Å². The highest BCUT2D eigenvalue weighted by atomic mass is 16.5. The number of aryl methyl sites for hydroxylation is 1. The number of carbonyl (C=O) groups is 1. The van der Waals surface area contributed by atoms with Gasteiger partial charge in [-0.25, -0.2) is 0 Å². The number of methoxy groups -OCH3 is 1. The number of carbonyl (C=O) groups excluding carboxylic acids is 1. The van der Waals surface area contributed by atoms with Gasteiger partial charge in [0.2, 0.25) is 0 Å². The first-order valence-electron chi connectivity index (χ1n) is 7.14. The van der Waals surface area contributed by atoms with Gasteiger partial charge in [-0.15, -0.1) is 0 Å². The smallest absolute Gasteiger partial charge is 0.303 e. The number of benzene rings is 2. The molecular weight excluding hydrogens is 276 g/mol. The van der Waals surface area contributed by atoms with Crippen molar-refractivity contribution in [1.29, 1.82) is 0 Å². The molecule has 114 valence electrons. The molecule has 0 fully saturated rings. The Bertz CT molecular complexity index is 639. The Morgan fingerprint density at radius 1 is 1.05 bits per heavy atom. The second-order valence-electron chi connectivity index (χ2n) is 5.07. The van der Waals surface area contributed by atoms with Crippen LogP contribution in [-0.2, 0) is 9.53 Å². The molecule has 1 atom stereocenters. The van der Waals surface area contributed by atoms with Crippen molar-refractivity contribution in [2.24, 2.45) is 0 Å². The average Bonchev–Trinajstić information content (AvgIpc) is 2.53. The van der Waals surface area contributed by atoms with Crippen molar-refractivity contribution >= 4 is 12.0 Å². The zero-order valence-electron chi connectivity index (χ0n) is 13.1. The van der Waals surface area contributed by atoms with Crippen molar-refractivity contribution in [2.45, 2.75) is 20.0 Å². The normalized spacial score (nSPS) is 12.1. The summed E-state index contributed by atoms with van der Waals surface area (Å²) in [5, 5.41) is 0. The van der Waals surface area contributed by atoms with Gasteiger partial charge >= 0.3 is 5.97 Å². The van der Waals surface area contributed by atoms with Crippen molar-refractivity contribution in [3.63, 3.8) is 0 Å². The lowest BCUT2D eigenvalue weighted by atomic mass is 10.1. The molecule has 3 nitrogen and oxygen atoms in total. The van der Waals surface area contributed by atoms with E-state index in [4.69, 9.17) is 9.47 Å². The maximum absolute atomic E-state index is 11.3. The summed E-state index contributed by atoms with van der Waals surface area (Å²) in [6, 6.07) is 15.7. The zero-order valence-corrected chi connectivity index (χ0v) is 13.1. The van der Waals surface area contributed by atoms with E-state index in [1.807, 2.05) is 67.6 Å². The second-order valence-corrected chi connectivity index (χ2v) is 5.07. The Morgan fingerprint density at radius 3 is 2.23 bits per heavy atom. The Hall–Kier alpha value is -2.55. The lowest BCUT2D eigenvalue weighted by molar-refractivity contribution is -0.144. The van der Waals surface area contributed by atoms with E-state index in [1.165, 1.54) is 12.5 Å². The van der Waals surface area contributed by atoms with Gasteiger partial charge in [0, 0.05) is 6.92 Å². The summed E-state index contributed by atoms with van der Waals surface area (Å²) in [5.41, 5.74) is 3.18. The molecule has 0 aromatic heterocycles. The van der Waals surface area contributed by atoms with E-state index < -0.39 is 6.10 Å². The zero-order chi connectivity index (χ0) is 15.9. The molecule has 2 aromatic rings. The molecule has 0 heterocycles.